The molecule has 3 unspecified atom stereocenters. The van der Waals surface area contributed by atoms with Crippen LogP contribution >= 0.6 is 0 Å². The van der Waals surface area contributed by atoms with E-state index in [4.69, 9.17) is 18.9 Å². The van der Waals surface area contributed by atoms with E-state index in [1.54, 1.807) is 0 Å². The van der Waals surface area contributed by atoms with Crippen LogP contribution in [-0.4, -0.2) is 37.7 Å². The van der Waals surface area contributed by atoms with Gasteiger partial charge in [0.05, 0.1) is 13.2 Å². The Bertz CT molecular complexity index is 437. The van der Waals surface area contributed by atoms with E-state index in [1.165, 1.54) is 19.3 Å². The number of carbonyl (C=O) groups excluding carboxylic acids is 2. The summed E-state index contributed by atoms with van der Waals surface area (Å²) in [6.45, 7) is 9.05. The van der Waals surface area contributed by atoms with Gasteiger partial charge in [-0.2, -0.15) is 0 Å². The van der Waals surface area contributed by atoms with Crippen molar-refractivity contribution < 1.29 is 28.5 Å². The number of hydrogen-bond acceptors (Lipinski definition) is 6. The van der Waals surface area contributed by atoms with Crippen molar-refractivity contribution in [1.82, 2.24) is 0 Å². The lowest BCUT2D eigenvalue weighted by Crippen LogP contribution is -2.32. The highest BCUT2D eigenvalue weighted by atomic mass is 16.7. The summed E-state index contributed by atoms with van der Waals surface area (Å²) in [5.41, 5.74) is 0. The number of unbranched alkanes of at least 4 members (excludes halogenated alkanes) is 2. The minimum atomic E-state index is -0.642. The molecule has 0 aliphatic heterocycles. The van der Waals surface area contributed by atoms with Crippen LogP contribution in [0.1, 0.15) is 91.9 Å². The maximum Gasteiger partial charge on any atom is 0.508 e. The fourth-order valence-electron chi connectivity index (χ4n) is 3.48. The Morgan fingerprint density at radius 1 is 0.857 bits per heavy atom. The van der Waals surface area contributed by atoms with E-state index in [0.29, 0.717) is 25.6 Å². The maximum absolute atomic E-state index is 12.1. The molecule has 28 heavy (non-hydrogen) atoms. The van der Waals surface area contributed by atoms with Gasteiger partial charge in [0.1, 0.15) is 12.2 Å². The van der Waals surface area contributed by atoms with Crippen LogP contribution in [0.2, 0.25) is 0 Å². The summed E-state index contributed by atoms with van der Waals surface area (Å²) >= 11 is 0. The van der Waals surface area contributed by atoms with Gasteiger partial charge in [0, 0.05) is 6.42 Å². The molecule has 0 aromatic rings. The molecule has 1 saturated carbocycles. The molecule has 6 nitrogen and oxygen atoms in total. The Balaban J connectivity index is 2.31. The number of ether oxygens (including phenoxy) is 4. The van der Waals surface area contributed by atoms with E-state index in [9.17, 15) is 9.59 Å². The van der Waals surface area contributed by atoms with Gasteiger partial charge < -0.3 is 18.9 Å². The van der Waals surface area contributed by atoms with Crippen LogP contribution in [0.15, 0.2) is 0 Å². The third-order valence-corrected chi connectivity index (χ3v) is 4.99. The fourth-order valence-corrected chi connectivity index (χ4v) is 3.48. The lowest BCUT2D eigenvalue weighted by atomic mass is 9.95. The summed E-state index contributed by atoms with van der Waals surface area (Å²) in [7, 11) is 0. The molecule has 0 heterocycles. The third kappa shape index (κ3) is 11.4. The van der Waals surface area contributed by atoms with Gasteiger partial charge in [-0.3, -0.25) is 0 Å². The van der Waals surface area contributed by atoms with Gasteiger partial charge in [0.25, 0.3) is 0 Å². The Hall–Kier alpha value is -1.46. The van der Waals surface area contributed by atoms with Gasteiger partial charge in [-0.25, -0.2) is 9.59 Å². The number of carbonyl (C=O) groups is 2. The van der Waals surface area contributed by atoms with Crippen molar-refractivity contribution in [3.63, 3.8) is 0 Å². The van der Waals surface area contributed by atoms with Gasteiger partial charge >= 0.3 is 12.3 Å². The zero-order valence-electron chi connectivity index (χ0n) is 18.2. The summed E-state index contributed by atoms with van der Waals surface area (Å²) < 4.78 is 21.2. The number of rotatable bonds is 12. The molecular formula is C22H40O6. The zero-order valence-corrected chi connectivity index (χ0v) is 18.2. The molecule has 0 aromatic carbocycles. The Kier molecular flexibility index (Phi) is 12.8. The van der Waals surface area contributed by atoms with Crippen molar-refractivity contribution in [1.29, 1.82) is 0 Å². The summed E-state index contributed by atoms with van der Waals surface area (Å²) in [6, 6.07) is 0. The average molecular weight is 401 g/mol. The SMILES string of the molecule is CCCCCC(CCC)COC(=O)OC1CCCC(OC(=O)OCC(C)C)C1. The summed E-state index contributed by atoms with van der Waals surface area (Å²) in [5.74, 6) is 0.672. The largest absolute Gasteiger partial charge is 0.508 e. The molecule has 164 valence electrons. The first kappa shape index (κ1) is 24.6. The first-order valence-corrected chi connectivity index (χ1v) is 11.1. The Labute approximate surface area is 170 Å². The second-order valence-electron chi connectivity index (χ2n) is 8.31. The molecule has 0 amide bonds. The topological polar surface area (TPSA) is 71.1 Å². The Morgan fingerprint density at radius 2 is 1.46 bits per heavy atom. The highest BCUT2D eigenvalue weighted by Crippen LogP contribution is 2.25. The molecule has 1 fully saturated rings. The first-order valence-electron chi connectivity index (χ1n) is 11.1. The van der Waals surface area contributed by atoms with Crippen molar-refractivity contribution in [2.75, 3.05) is 13.2 Å². The second-order valence-corrected chi connectivity index (χ2v) is 8.31. The Morgan fingerprint density at radius 3 is 2.00 bits per heavy atom. The van der Waals surface area contributed by atoms with Gasteiger partial charge in [0.15, 0.2) is 0 Å². The molecule has 0 spiro atoms. The zero-order chi connectivity index (χ0) is 20.8. The van der Waals surface area contributed by atoms with Crippen molar-refractivity contribution in [2.45, 2.75) is 104 Å². The van der Waals surface area contributed by atoms with E-state index >= 15 is 0 Å². The minimum Gasteiger partial charge on any atom is -0.434 e. The molecule has 6 heteroatoms. The fraction of sp³-hybridized carbons (Fsp3) is 0.909. The van der Waals surface area contributed by atoms with Crippen molar-refractivity contribution in [2.24, 2.45) is 11.8 Å². The third-order valence-electron chi connectivity index (χ3n) is 4.99. The molecule has 0 aromatic heterocycles. The lowest BCUT2D eigenvalue weighted by Gasteiger charge is -2.28. The highest BCUT2D eigenvalue weighted by Gasteiger charge is 2.28. The average Bonchev–Trinajstić information content (AvgIpc) is 2.65. The summed E-state index contributed by atoms with van der Waals surface area (Å²) in [4.78, 5) is 23.8. The molecule has 0 saturated heterocycles. The van der Waals surface area contributed by atoms with E-state index in [2.05, 4.69) is 13.8 Å². The van der Waals surface area contributed by atoms with E-state index in [-0.39, 0.29) is 18.1 Å². The summed E-state index contributed by atoms with van der Waals surface area (Å²) in [6.07, 6.45) is 7.91. The van der Waals surface area contributed by atoms with Crippen LogP contribution in [0.4, 0.5) is 9.59 Å². The first-order chi connectivity index (χ1) is 13.4. The molecule has 1 aliphatic rings. The van der Waals surface area contributed by atoms with E-state index in [1.807, 2.05) is 13.8 Å². The second kappa shape index (κ2) is 14.5. The highest BCUT2D eigenvalue weighted by molar-refractivity contribution is 5.60. The van der Waals surface area contributed by atoms with Crippen LogP contribution < -0.4 is 0 Å². The predicted octanol–water partition coefficient (Wildman–Crippen LogP) is 6.26. The lowest BCUT2D eigenvalue weighted by molar-refractivity contribution is -0.0388. The van der Waals surface area contributed by atoms with Crippen LogP contribution in [0.5, 0.6) is 0 Å². The van der Waals surface area contributed by atoms with Crippen LogP contribution in [-0.2, 0) is 18.9 Å². The van der Waals surface area contributed by atoms with Crippen LogP contribution in [0, 0.1) is 11.8 Å². The molecule has 3 atom stereocenters. The summed E-state index contributed by atoms with van der Waals surface area (Å²) in [5, 5.41) is 0. The van der Waals surface area contributed by atoms with Gasteiger partial charge in [-0.15, -0.1) is 0 Å². The van der Waals surface area contributed by atoms with E-state index in [0.717, 1.165) is 38.5 Å². The molecule has 0 radical (unpaired) electrons. The van der Waals surface area contributed by atoms with Crippen LogP contribution in [0.3, 0.4) is 0 Å². The minimum absolute atomic E-state index is 0.267. The van der Waals surface area contributed by atoms with Crippen molar-refractivity contribution in [3.05, 3.63) is 0 Å². The molecule has 1 aliphatic carbocycles. The molecule has 1 rings (SSSR count). The normalized spacial score (nSPS) is 20.5. The molecule has 0 N–H and O–H groups in total. The maximum atomic E-state index is 12.1. The quantitative estimate of drug-likeness (QED) is 0.284. The van der Waals surface area contributed by atoms with Crippen molar-refractivity contribution >= 4 is 12.3 Å². The standard InChI is InChI=1S/C22H40O6/c1-5-7-8-11-18(10-6-2)16-26-22(24)28-20-13-9-12-19(14-20)27-21(23)25-15-17(3)4/h17-20H,5-16H2,1-4H3. The van der Waals surface area contributed by atoms with Crippen molar-refractivity contribution in [3.8, 4) is 0 Å². The molecule has 0 bridgehead atoms. The predicted molar refractivity (Wildman–Crippen MR) is 108 cm³/mol. The molecular weight excluding hydrogens is 360 g/mol. The number of hydrogen-bond donors (Lipinski definition) is 0. The van der Waals surface area contributed by atoms with Crippen LogP contribution in [0.25, 0.3) is 0 Å². The van der Waals surface area contributed by atoms with E-state index < -0.39 is 12.3 Å². The van der Waals surface area contributed by atoms with Gasteiger partial charge in [-0.05, 0) is 43.9 Å². The smallest absolute Gasteiger partial charge is 0.434 e. The van der Waals surface area contributed by atoms with Gasteiger partial charge in [0.2, 0.25) is 0 Å². The monoisotopic (exact) mass is 400 g/mol. The van der Waals surface area contributed by atoms with Gasteiger partial charge in [-0.1, -0.05) is 53.4 Å².